The van der Waals surface area contributed by atoms with E-state index in [4.69, 9.17) is 9.47 Å². The summed E-state index contributed by atoms with van der Waals surface area (Å²) in [5.41, 5.74) is 1.61. The molecular formula is C21H23NO6. The van der Waals surface area contributed by atoms with Crippen molar-refractivity contribution < 1.29 is 28.6 Å². The Balaban J connectivity index is 2.10. The van der Waals surface area contributed by atoms with Gasteiger partial charge in [-0.15, -0.1) is 0 Å². The summed E-state index contributed by atoms with van der Waals surface area (Å²) in [6, 6.07) is 11.6. The van der Waals surface area contributed by atoms with Gasteiger partial charge in [-0.1, -0.05) is 26.0 Å². The molecule has 148 valence electrons. The quantitative estimate of drug-likeness (QED) is 0.735. The lowest BCUT2D eigenvalue weighted by molar-refractivity contribution is -0.118. The molecule has 28 heavy (non-hydrogen) atoms. The van der Waals surface area contributed by atoms with Crippen LogP contribution in [0.15, 0.2) is 42.5 Å². The maximum atomic E-state index is 12.3. The minimum atomic E-state index is -0.642. The van der Waals surface area contributed by atoms with Gasteiger partial charge in [0.15, 0.2) is 6.61 Å². The number of nitrogens with one attached hydrogen (secondary N) is 1. The van der Waals surface area contributed by atoms with Crippen LogP contribution < -0.4 is 10.1 Å². The zero-order chi connectivity index (χ0) is 20.7. The van der Waals surface area contributed by atoms with E-state index in [1.54, 1.807) is 12.1 Å². The van der Waals surface area contributed by atoms with Crippen LogP contribution >= 0.6 is 0 Å². The van der Waals surface area contributed by atoms with E-state index in [-0.39, 0.29) is 23.4 Å². The van der Waals surface area contributed by atoms with Gasteiger partial charge in [-0.3, -0.25) is 4.79 Å². The molecule has 0 atom stereocenters. The van der Waals surface area contributed by atoms with Crippen LogP contribution in [-0.2, 0) is 14.3 Å². The second kappa shape index (κ2) is 9.55. The smallest absolute Gasteiger partial charge is 0.339 e. The van der Waals surface area contributed by atoms with E-state index in [2.05, 4.69) is 23.9 Å². The normalized spacial score (nSPS) is 10.3. The first-order valence-corrected chi connectivity index (χ1v) is 8.69. The Bertz CT molecular complexity index is 858. The molecule has 2 aromatic rings. The van der Waals surface area contributed by atoms with Crippen molar-refractivity contribution in [2.75, 3.05) is 26.1 Å². The number of carbonyl (C=O) groups is 3. The zero-order valence-electron chi connectivity index (χ0n) is 16.3. The van der Waals surface area contributed by atoms with E-state index in [1.165, 1.54) is 38.0 Å². The molecule has 0 aliphatic carbocycles. The number of anilines is 1. The molecule has 0 aliphatic rings. The molecule has 0 aliphatic heterocycles. The minimum Gasteiger partial charge on any atom is -0.484 e. The molecule has 0 fully saturated rings. The highest BCUT2D eigenvalue weighted by molar-refractivity contribution is 6.03. The second-order valence-electron chi connectivity index (χ2n) is 6.30. The first kappa shape index (κ1) is 21.0. The van der Waals surface area contributed by atoms with Gasteiger partial charge in [-0.2, -0.15) is 0 Å². The topological polar surface area (TPSA) is 90.9 Å². The lowest BCUT2D eigenvalue weighted by Gasteiger charge is -2.12. The van der Waals surface area contributed by atoms with E-state index in [0.717, 1.165) is 0 Å². The van der Waals surface area contributed by atoms with E-state index in [9.17, 15) is 14.4 Å². The Hall–Kier alpha value is -3.35. The van der Waals surface area contributed by atoms with Gasteiger partial charge < -0.3 is 19.5 Å². The number of hydrogen-bond donors (Lipinski definition) is 1. The van der Waals surface area contributed by atoms with E-state index in [1.807, 2.05) is 12.1 Å². The van der Waals surface area contributed by atoms with Crippen LogP contribution in [0.1, 0.15) is 46.0 Å². The van der Waals surface area contributed by atoms with Crippen molar-refractivity contribution in [3.8, 4) is 5.75 Å². The molecule has 0 spiro atoms. The van der Waals surface area contributed by atoms with Crippen molar-refractivity contribution in [3.63, 3.8) is 0 Å². The van der Waals surface area contributed by atoms with Crippen molar-refractivity contribution in [3.05, 3.63) is 59.2 Å². The lowest BCUT2D eigenvalue weighted by atomic mass is 10.0. The summed E-state index contributed by atoms with van der Waals surface area (Å²) in [4.78, 5) is 35.9. The molecule has 0 unspecified atom stereocenters. The van der Waals surface area contributed by atoms with Gasteiger partial charge in [-0.25, -0.2) is 9.59 Å². The van der Waals surface area contributed by atoms with Crippen LogP contribution in [0, 0.1) is 0 Å². The highest BCUT2D eigenvalue weighted by Crippen LogP contribution is 2.21. The summed E-state index contributed by atoms with van der Waals surface area (Å²) in [6.45, 7) is 3.92. The molecule has 0 saturated heterocycles. The molecule has 2 aromatic carbocycles. The van der Waals surface area contributed by atoms with Crippen molar-refractivity contribution in [1.82, 2.24) is 0 Å². The monoisotopic (exact) mass is 385 g/mol. The maximum Gasteiger partial charge on any atom is 0.339 e. The number of ether oxygens (including phenoxy) is 3. The molecule has 7 heteroatoms. The first-order chi connectivity index (χ1) is 13.3. The maximum absolute atomic E-state index is 12.3. The molecule has 2 rings (SSSR count). The zero-order valence-corrected chi connectivity index (χ0v) is 16.3. The number of benzene rings is 2. The van der Waals surface area contributed by atoms with Crippen LogP contribution in [0.4, 0.5) is 5.69 Å². The molecule has 0 bridgehead atoms. The summed E-state index contributed by atoms with van der Waals surface area (Å²) in [5, 5.41) is 2.57. The van der Waals surface area contributed by atoms with Gasteiger partial charge in [0.25, 0.3) is 5.91 Å². The number of amides is 1. The molecule has 1 amide bonds. The fraction of sp³-hybridized carbons (Fsp3) is 0.286. The number of rotatable bonds is 7. The fourth-order valence-electron chi connectivity index (χ4n) is 2.46. The first-order valence-electron chi connectivity index (χ1n) is 8.69. The van der Waals surface area contributed by atoms with Crippen LogP contribution in [0.3, 0.4) is 0 Å². The summed E-state index contributed by atoms with van der Waals surface area (Å²) < 4.78 is 14.8. The van der Waals surface area contributed by atoms with Crippen LogP contribution in [0.25, 0.3) is 0 Å². The third-order valence-corrected chi connectivity index (χ3v) is 4.04. The van der Waals surface area contributed by atoms with Crippen molar-refractivity contribution in [2.24, 2.45) is 0 Å². The van der Waals surface area contributed by atoms with E-state index in [0.29, 0.717) is 11.7 Å². The molecule has 0 heterocycles. The minimum absolute atomic E-state index is 0.116. The van der Waals surface area contributed by atoms with Crippen LogP contribution in [0.2, 0.25) is 0 Å². The van der Waals surface area contributed by atoms with E-state index < -0.39 is 17.8 Å². The molecule has 1 N–H and O–H groups in total. The Morgan fingerprint density at radius 1 is 0.929 bits per heavy atom. The Labute approximate surface area is 163 Å². The summed E-state index contributed by atoms with van der Waals surface area (Å²) in [6.07, 6.45) is 0. The largest absolute Gasteiger partial charge is 0.484 e. The molecular weight excluding hydrogens is 362 g/mol. The third kappa shape index (κ3) is 5.33. The number of methoxy groups -OCH3 is 2. The average Bonchev–Trinajstić information content (AvgIpc) is 2.71. The van der Waals surface area contributed by atoms with Crippen LogP contribution in [-0.4, -0.2) is 38.7 Å². The number of esters is 2. The SMILES string of the molecule is COC(=O)c1ccc(C(=O)OC)c(NC(=O)COc2ccc(C(C)C)cc2)c1. The number of hydrogen-bond acceptors (Lipinski definition) is 6. The Kier molecular flexibility index (Phi) is 7.14. The van der Waals surface area contributed by atoms with Gasteiger partial charge >= 0.3 is 11.9 Å². The van der Waals surface area contributed by atoms with Crippen molar-refractivity contribution >= 4 is 23.5 Å². The molecule has 0 saturated carbocycles. The summed E-state index contributed by atoms with van der Waals surface area (Å²) in [7, 11) is 2.47. The Morgan fingerprint density at radius 2 is 1.57 bits per heavy atom. The van der Waals surface area contributed by atoms with E-state index >= 15 is 0 Å². The van der Waals surface area contributed by atoms with Gasteiger partial charge in [0.2, 0.25) is 0 Å². The van der Waals surface area contributed by atoms with Gasteiger partial charge in [-0.05, 0) is 41.8 Å². The Morgan fingerprint density at radius 3 is 2.14 bits per heavy atom. The molecule has 0 radical (unpaired) electrons. The highest BCUT2D eigenvalue weighted by Gasteiger charge is 2.17. The van der Waals surface area contributed by atoms with Crippen molar-refractivity contribution in [1.29, 1.82) is 0 Å². The standard InChI is InChI=1S/C21H23NO6/c1-13(2)14-5-8-16(9-6-14)28-12-19(23)22-18-11-15(20(24)26-3)7-10-17(18)21(25)27-4/h5-11,13H,12H2,1-4H3,(H,22,23). The highest BCUT2D eigenvalue weighted by atomic mass is 16.5. The summed E-state index contributed by atoms with van der Waals surface area (Å²) in [5.74, 6) is -0.766. The molecule has 7 nitrogen and oxygen atoms in total. The predicted octanol–water partition coefficient (Wildman–Crippen LogP) is 3.40. The average molecular weight is 385 g/mol. The third-order valence-electron chi connectivity index (χ3n) is 4.04. The second-order valence-corrected chi connectivity index (χ2v) is 6.30. The predicted molar refractivity (Wildman–Crippen MR) is 104 cm³/mol. The van der Waals surface area contributed by atoms with Gasteiger partial charge in [0, 0.05) is 0 Å². The van der Waals surface area contributed by atoms with Crippen LogP contribution in [0.5, 0.6) is 5.75 Å². The molecule has 0 aromatic heterocycles. The fourth-order valence-corrected chi connectivity index (χ4v) is 2.46. The summed E-state index contributed by atoms with van der Waals surface area (Å²) >= 11 is 0. The van der Waals surface area contributed by atoms with Gasteiger partial charge in [0.1, 0.15) is 5.75 Å². The van der Waals surface area contributed by atoms with Crippen molar-refractivity contribution in [2.45, 2.75) is 19.8 Å². The van der Waals surface area contributed by atoms with Gasteiger partial charge in [0.05, 0.1) is 31.0 Å². The number of carbonyl (C=O) groups excluding carboxylic acids is 3. The lowest BCUT2D eigenvalue weighted by Crippen LogP contribution is -2.22.